The molecule has 0 fully saturated rings. The Morgan fingerprint density at radius 1 is 1.17 bits per heavy atom. The van der Waals surface area contributed by atoms with E-state index in [2.05, 4.69) is 9.84 Å². The maximum atomic E-state index is 12.1. The van der Waals surface area contributed by atoms with Gasteiger partial charge < -0.3 is 9.47 Å². The van der Waals surface area contributed by atoms with Gasteiger partial charge in [-0.25, -0.2) is 8.42 Å². The summed E-state index contributed by atoms with van der Waals surface area (Å²) in [6.45, 7) is 0. The molecule has 0 N–H and O–H groups in total. The summed E-state index contributed by atoms with van der Waals surface area (Å²) in [6, 6.07) is 4.48. The second-order valence-corrected chi connectivity index (χ2v) is 6.75. The van der Waals surface area contributed by atoms with E-state index in [1.54, 1.807) is 0 Å². The van der Waals surface area contributed by atoms with Crippen molar-refractivity contribution in [1.82, 2.24) is 9.78 Å². The number of hydrogen-bond donors (Lipinski definition) is 0. The van der Waals surface area contributed by atoms with E-state index in [1.165, 1.54) is 19.2 Å². The Morgan fingerprint density at radius 2 is 1.70 bits per heavy atom. The van der Waals surface area contributed by atoms with E-state index < -0.39 is 21.9 Å². The van der Waals surface area contributed by atoms with Gasteiger partial charge in [-0.15, -0.1) is 18.3 Å². The van der Waals surface area contributed by atoms with Gasteiger partial charge in [-0.1, -0.05) is 11.6 Å². The average Bonchev–Trinajstić information content (AvgIpc) is 2.64. The van der Waals surface area contributed by atoms with E-state index in [-0.39, 0.29) is 21.7 Å². The topological polar surface area (TPSA) is 70.4 Å². The number of halogens is 4. The molecule has 2 rings (SSSR count). The lowest BCUT2D eigenvalue weighted by Gasteiger charge is -2.09. The van der Waals surface area contributed by atoms with E-state index in [0.29, 0.717) is 0 Å². The molecule has 6 nitrogen and oxygen atoms in total. The summed E-state index contributed by atoms with van der Waals surface area (Å²) >= 11 is 5.92. The standard InChI is InChI=1S/C12H10ClF3N2O4S/c1-18-11(23(2,19)20)9(13)10(17-18)21-7-3-5-8(6-4-7)22-12(14,15)16/h3-6H,1-2H3. The predicted molar refractivity (Wildman–Crippen MR) is 74.5 cm³/mol. The quantitative estimate of drug-likeness (QED) is 0.826. The van der Waals surface area contributed by atoms with Crippen LogP contribution in [0.4, 0.5) is 13.2 Å². The van der Waals surface area contributed by atoms with Crippen LogP contribution in [0.25, 0.3) is 0 Å². The largest absolute Gasteiger partial charge is 0.573 e. The molecule has 0 atom stereocenters. The number of aromatic nitrogens is 2. The molecule has 126 valence electrons. The molecule has 0 aliphatic rings. The number of benzene rings is 1. The molecule has 0 saturated heterocycles. The summed E-state index contributed by atoms with van der Waals surface area (Å²) in [5, 5.41) is 3.38. The molecular weight excluding hydrogens is 361 g/mol. The van der Waals surface area contributed by atoms with Crippen molar-refractivity contribution >= 4 is 21.4 Å². The minimum Gasteiger partial charge on any atom is -0.436 e. The maximum absolute atomic E-state index is 12.1. The first kappa shape index (κ1) is 17.4. The smallest absolute Gasteiger partial charge is 0.436 e. The molecule has 23 heavy (non-hydrogen) atoms. The van der Waals surface area contributed by atoms with Gasteiger partial charge in [0.2, 0.25) is 0 Å². The maximum Gasteiger partial charge on any atom is 0.573 e. The number of rotatable bonds is 4. The van der Waals surface area contributed by atoms with Gasteiger partial charge in [-0.3, -0.25) is 4.68 Å². The molecule has 0 aliphatic heterocycles. The Kier molecular flexibility index (Phi) is 4.49. The van der Waals surface area contributed by atoms with Gasteiger partial charge in [-0.05, 0) is 24.3 Å². The lowest BCUT2D eigenvalue weighted by molar-refractivity contribution is -0.274. The highest BCUT2D eigenvalue weighted by Gasteiger charge is 2.31. The molecule has 0 spiro atoms. The zero-order valence-corrected chi connectivity index (χ0v) is 13.3. The van der Waals surface area contributed by atoms with Crippen molar-refractivity contribution in [2.75, 3.05) is 6.26 Å². The molecule has 2 aromatic rings. The van der Waals surface area contributed by atoms with E-state index in [1.807, 2.05) is 0 Å². The number of alkyl halides is 3. The first-order valence-corrected chi connectivity index (χ1v) is 8.20. The van der Waals surface area contributed by atoms with Crippen LogP contribution in [0, 0.1) is 0 Å². The lowest BCUT2D eigenvalue weighted by atomic mass is 10.3. The molecule has 1 aromatic carbocycles. The van der Waals surface area contributed by atoms with Crippen molar-refractivity contribution in [3.63, 3.8) is 0 Å². The number of hydrogen-bond acceptors (Lipinski definition) is 5. The Bertz CT molecular complexity index is 816. The third kappa shape index (κ3) is 4.29. The van der Waals surface area contributed by atoms with Gasteiger partial charge >= 0.3 is 6.36 Å². The van der Waals surface area contributed by atoms with Crippen LogP contribution in [-0.4, -0.2) is 30.8 Å². The van der Waals surface area contributed by atoms with Crippen molar-refractivity contribution in [2.45, 2.75) is 11.4 Å². The fraction of sp³-hybridized carbons (Fsp3) is 0.250. The molecule has 0 radical (unpaired) electrons. The van der Waals surface area contributed by atoms with Gasteiger partial charge in [0.05, 0.1) is 0 Å². The molecule has 0 bridgehead atoms. The van der Waals surface area contributed by atoms with Crippen LogP contribution >= 0.6 is 11.6 Å². The Hall–Kier alpha value is -1.94. The number of sulfone groups is 1. The fourth-order valence-corrected chi connectivity index (χ4v) is 3.30. The second kappa shape index (κ2) is 5.93. The van der Waals surface area contributed by atoms with Crippen LogP contribution in [-0.2, 0) is 16.9 Å². The fourth-order valence-electron chi connectivity index (χ4n) is 1.75. The zero-order chi connectivity index (χ0) is 17.4. The molecule has 0 aliphatic carbocycles. The van der Waals surface area contributed by atoms with Crippen molar-refractivity contribution in [2.24, 2.45) is 7.05 Å². The van der Waals surface area contributed by atoms with Crippen LogP contribution in [0.15, 0.2) is 29.3 Å². The Morgan fingerprint density at radius 3 is 2.13 bits per heavy atom. The Balaban J connectivity index is 2.24. The third-order valence-electron chi connectivity index (χ3n) is 2.53. The summed E-state index contributed by atoms with van der Waals surface area (Å²) in [4.78, 5) is 0. The first-order valence-electron chi connectivity index (χ1n) is 5.93. The van der Waals surface area contributed by atoms with E-state index in [4.69, 9.17) is 16.3 Å². The van der Waals surface area contributed by atoms with Crippen LogP contribution in [0.5, 0.6) is 17.4 Å². The second-order valence-electron chi connectivity index (χ2n) is 4.44. The highest BCUT2D eigenvalue weighted by Crippen LogP contribution is 2.34. The lowest BCUT2D eigenvalue weighted by Crippen LogP contribution is -2.16. The molecule has 0 amide bonds. The van der Waals surface area contributed by atoms with Crippen LogP contribution in [0.2, 0.25) is 5.02 Å². The zero-order valence-electron chi connectivity index (χ0n) is 11.8. The van der Waals surface area contributed by atoms with Gasteiger partial charge in [0.25, 0.3) is 5.88 Å². The molecule has 0 saturated carbocycles. The van der Waals surface area contributed by atoms with E-state index >= 15 is 0 Å². The van der Waals surface area contributed by atoms with Gasteiger partial charge in [0.1, 0.15) is 16.5 Å². The molecule has 1 heterocycles. The third-order valence-corrected chi connectivity index (χ3v) is 4.16. The van der Waals surface area contributed by atoms with Crippen molar-refractivity contribution in [3.8, 4) is 17.4 Å². The van der Waals surface area contributed by atoms with Crippen molar-refractivity contribution < 1.29 is 31.1 Å². The SMILES string of the molecule is Cn1nc(Oc2ccc(OC(F)(F)F)cc2)c(Cl)c1S(C)(=O)=O. The van der Waals surface area contributed by atoms with Crippen LogP contribution in [0.1, 0.15) is 0 Å². The number of ether oxygens (including phenoxy) is 2. The summed E-state index contributed by atoms with van der Waals surface area (Å²) in [5.74, 6) is -0.493. The van der Waals surface area contributed by atoms with E-state index in [0.717, 1.165) is 23.1 Å². The van der Waals surface area contributed by atoms with Gasteiger partial charge in [-0.2, -0.15) is 0 Å². The summed E-state index contributed by atoms with van der Waals surface area (Å²) in [7, 11) is -2.25. The number of nitrogens with zero attached hydrogens (tertiary/aromatic N) is 2. The highest BCUT2D eigenvalue weighted by molar-refractivity contribution is 7.90. The molecule has 11 heteroatoms. The normalized spacial score (nSPS) is 12.3. The van der Waals surface area contributed by atoms with Crippen molar-refractivity contribution in [3.05, 3.63) is 29.3 Å². The first-order chi connectivity index (χ1) is 10.5. The summed E-state index contributed by atoms with van der Waals surface area (Å²) in [6.07, 6.45) is -3.83. The van der Waals surface area contributed by atoms with Crippen LogP contribution in [0.3, 0.4) is 0 Å². The van der Waals surface area contributed by atoms with Gasteiger partial charge in [0, 0.05) is 13.3 Å². The minimum absolute atomic E-state index is 0.111. The van der Waals surface area contributed by atoms with Crippen LogP contribution < -0.4 is 9.47 Å². The molecule has 1 aromatic heterocycles. The average molecular weight is 371 g/mol. The van der Waals surface area contributed by atoms with Gasteiger partial charge in [0.15, 0.2) is 14.9 Å². The summed E-state index contributed by atoms with van der Waals surface area (Å²) in [5.41, 5.74) is 0. The van der Waals surface area contributed by atoms with Crippen molar-refractivity contribution in [1.29, 1.82) is 0 Å². The Labute approximate surface area is 134 Å². The monoisotopic (exact) mass is 370 g/mol. The molecular formula is C12H10ClF3N2O4S. The molecule has 0 unspecified atom stereocenters. The minimum atomic E-state index is -4.79. The number of aryl methyl sites for hydroxylation is 1. The highest BCUT2D eigenvalue weighted by atomic mass is 35.5. The summed E-state index contributed by atoms with van der Waals surface area (Å²) < 4.78 is 69.4. The predicted octanol–water partition coefficient (Wildman–Crippen LogP) is 3.17. The van der Waals surface area contributed by atoms with E-state index in [9.17, 15) is 21.6 Å².